The molecule has 1 rings (SSSR count). The highest BCUT2D eigenvalue weighted by Crippen LogP contribution is 2.22. The fourth-order valence-electron chi connectivity index (χ4n) is 1.98. The van der Waals surface area contributed by atoms with E-state index in [1.54, 1.807) is 27.7 Å². The quantitative estimate of drug-likeness (QED) is 0.678. The minimum absolute atomic E-state index is 0.231. The van der Waals surface area contributed by atoms with E-state index < -0.39 is 29.1 Å². The van der Waals surface area contributed by atoms with E-state index in [2.05, 4.69) is 5.32 Å². The summed E-state index contributed by atoms with van der Waals surface area (Å²) in [5, 5.41) is 21.4. The van der Waals surface area contributed by atoms with Crippen molar-refractivity contribution in [2.75, 3.05) is 13.1 Å². The Morgan fingerprint density at radius 2 is 1.94 bits per heavy atom. The Balaban J connectivity index is 2.66. The summed E-state index contributed by atoms with van der Waals surface area (Å²) >= 11 is 0. The summed E-state index contributed by atoms with van der Waals surface area (Å²) in [6, 6.07) is -1.38. The van der Waals surface area contributed by atoms with E-state index in [4.69, 9.17) is 5.11 Å². The number of hydrogen-bond acceptors (Lipinski definition) is 3. The molecule has 1 unspecified atom stereocenters. The van der Waals surface area contributed by atoms with Crippen molar-refractivity contribution in [3.8, 4) is 0 Å². The molecule has 2 amide bonds. The van der Waals surface area contributed by atoms with Crippen molar-refractivity contribution in [3.63, 3.8) is 0 Å². The van der Waals surface area contributed by atoms with Crippen molar-refractivity contribution in [3.05, 3.63) is 0 Å². The van der Waals surface area contributed by atoms with Crippen LogP contribution in [0.15, 0.2) is 0 Å². The summed E-state index contributed by atoms with van der Waals surface area (Å²) in [4.78, 5) is 24.5. The minimum atomic E-state index is -1.05. The smallest absolute Gasteiger partial charge is 0.326 e. The van der Waals surface area contributed by atoms with Crippen molar-refractivity contribution in [1.82, 2.24) is 10.2 Å². The van der Waals surface area contributed by atoms with Crippen LogP contribution in [-0.2, 0) is 4.79 Å². The number of likely N-dealkylation sites (tertiary alicyclic amines) is 1. The fourth-order valence-corrected chi connectivity index (χ4v) is 1.98. The first-order valence-corrected chi connectivity index (χ1v) is 6.03. The van der Waals surface area contributed by atoms with Crippen molar-refractivity contribution < 1.29 is 19.8 Å². The molecule has 18 heavy (non-hydrogen) atoms. The number of carboxylic acids is 1. The van der Waals surface area contributed by atoms with Gasteiger partial charge in [-0.1, -0.05) is 20.8 Å². The van der Waals surface area contributed by atoms with Crippen LogP contribution < -0.4 is 5.32 Å². The lowest BCUT2D eigenvalue weighted by atomic mass is 9.87. The van der Waals surface area contributed by atoms with Gasteiger partial charge in [-0.25, -0.2) is 9.59 Å². The van der Waals surface area contributed by atoms with Gasteiger partial charge in [-0.3, -0.25) is 0 Å². The number of carboxylic acid groups (broad SMARTS) is 1. The third kappa shape index (κ3) is 3.60. The second-order valence-electron chi connectivity index (χ2n) is 6.26. The predicted molar refractivity (Wildman–Crippen MR) is 66.2 cm³/mol. The zero-order valence-corrected chi connectivity index (χ0v) is 11.4. The molecule has 1 fully saturated rings. The van der Waals surface area contributed by atoms with E-state index >= 15 is 0 Å². The molecule has 6 heteroatoms. The molecule has 0 aromatic heterocycles. The maximum Gasteiger partial charge on any atom is 0.326 e. The van der Waals surface area contributed by atoms with Gasteiger partial charge in [0.05, 0.1) is 12.1 Å². The topological polar surface area (TPSA) is 89.9 Å². The predicted octanol–water partition coefficient (Wildman–Crippen LogP) is 0.652. The van der Waals surface area contributed by atoms with Gasteiger partial charge >= 0.3 is 12.0 Å². The van der Waals surface area contributed by atoms with E-state index in [0.29, 0.717) is 13.0 Å². The third-order valence-electron chi connectivity index (χ3n) is 3.12. The SMILES string of the molecule is CC1(O)CCN(C(=O)N[C@@H](C(=O)O)C(C)(C)C)C1. The van der Waals surface area contributed by atoms with E-state index in [1.165, 1.54) is 4.90 Å². The Bertz CT molecular complexity index is 346. The number of amides is 2. The first kappa shape index (κ1) is 14.8. The molecule has 104 valence electrons. The summed E-state index contributed by atoms with van der Waals surface area (Å²) in [5.41, 5.74) is -1.44. The summed E-state index contributed by atoms with van der Waals surface area (Å²) < 4.78 is 0. The van der Waals surface area contributed by atoms with Crippen LogP contribution in [0.4, 0.5) is 4.79 Å². The number of nitrogens with one attached hydrogen (secondary N) is 1. The zero-order chi connectivity index (χ0) is 14.1. The molecule has 1 aliphatic rings. The minimum Gasteiger partial charge on any atom is -0.480 e. The fraction of sp³-hybridized carbons (Fsp3) is 0.833. The molecule has 3 N–H and O–H groups in total. The number of urea groups is 1. The van der Waals surface area contributed by atoms with Crippen LogP contribution in [0.5, 0.6) is 0 Å². The molecule has 0 spiro atoms. The first-order valence-electron chi connectivity index (χ1n) is 6.03. The van der Waals surface area contributed by atoms with Crippen molar-refractivity contribution in [2.24, 2.45) is 5.41 Å². The maximum absolute atomic E-state index is 11.9. The largest absolute Gasteiger partial charge is 0.480 e. The first-order chi connectivity index (χ1) is 8.03. The standard InChI is InChI=1S/C12H22N2O4/c1-11(2,3)8(9(15)16)13-10(17)14-6-5-12(4,18)7-14/h8,18H,5-7H2,1-4H3,(H,13,17)(H,15,16)/t8-,12?/m0/s1. The van der Waals surface area contributed by atoms with Crippen molar-refractivity contribution in [2.45, 2.75) is 45.8 Å². The highest BCUT2D eigenvalue weighted by atomic mass is 16.4. The van der Waals surface area contributed by atoms with Crippen molar-refractivity contribution in [1.29, 1.82) is 0 Å². The molecule has 0 radical (unpaired) electrons. The summed E-state index contributed by atoms with van der Waals surface area (Å²) in [7, 11) is 0. The highest BCUT2D eigenvalue weighted by Gasteiger charge is 2.38. The van der Waals surface area contributed by atoms with Gasteiger partial charge in [0, 0.05) is 6.54 Å². The van der Waals surface area contributed by atoms with E-state index in [1.807, 2.05) is 0 Å². The van der Waals surface area contributed by atoms with Crippen LogP contribution in [0.1, 0.15) is 34.1 Å². The molecule has 0 aromatic rings. The normalized spacial score (nSPS) is 25.9. The second kappa shape index (κ2) is 4.76. The van der Waals surface area contributed by atoms with E-state index in [9.17, 15) is 14.7 Å². The molecule has 1 aliphatic heterocycles. The molecule has 0 saturated carbocycles. The van der Waals surface area contributed by atoms with Crippen LogP contribution in [0, 0.1) is 5.41 Å². The Hall–Kier alpha value is -1.30. The molecular weight excluding hydrogens is 236 g/mol. The second-order valence-corrected chi connectivity index (χ2v) is 6.26. The Morgan fingerprint density at radius 1 is 1.39 bits per heavy atom. The Labute approximate surface area is 107 Å². The van der Waals surface area contributed by atoms with Gasteiger partial charge in [-0.15, -0.1) is 0 Å². The molecule has 0 aromatic carbocycles. The summed E-state index contributed by atoms with van der Waals surface area (Å²) in [6.07, 6.45) is 0.508. The molecule has 2 atom stereocenters. The molecule has 6 nitrogen and oxygen atoms in total. The molecule has 0 aliphatic carbocycles. The lowest BCUT2D eigenvalue weighted by Crippen LogP contribution is -2.53. The van der Waals surface area contributed by atoms with Gasteiger partial charge in [0.25, 0.3) is 0 Å². The lowest BCUT2D eigenvalue weighted by Gasteiger charge is -2.30. The van der Waals surface area contributed by atoms with Gasteiger partial charge in [-0.2, -0.15) is 0 Å². The average Bonchev–Trinajstić information content (AvgIpc) is 2.52. The van der Waals surface area contributed by atoms with E-state index in [-0.39, 0.29) is 6.54 Å². The zero-order valence-electron chi connectivity index (χ0n) is 11.4. The van der Waals surface area contributed by atoms with Crippen LogP contribution in [0.2, 0.25) is 0 Å². The number of aliphatic hydroxyl groups is 1. The van der Waals surface area contributed by atoms with Gasteiger partial charge in [0.1, 0.15) is 6.04 Å². The van der Waals surface area contributed by atoms with Crippen LogP contribution in [0.25, 0.3) is 0 Å². The number of rotatable bonds is 2. The Morgan fingerprint density at radius 3 is 2.28 bits per heavy atom. The monoisotopic (exact) mass is 258 g/mol. The van der Waals surface area contributed by atoms with Gasteiger partial charge in [-0.05, 0) is 18.8 Å². The molecule has 1 saturated heterocycles. The van der Waals surface area contributed by atoms with Crippen molar-refractivity contribution >= 4 is 12.0 Å². The highest BCUT2D eigenvalue weighted by molar-refractivity contribution is 5.83. The van der Waals surface area contributed by atoms with Crippen LogP contribution >= 0.6 is 0 Å². The number of carbonyl (C=O) groups excluding carboxylic acids is 1. The molecule has 0 bridgehead atoms. The lowest BCUT2D eigenvalue weighted by molar-refractivity contribution is -0.142. The molecular formula is C12H22N2O4. The van der Waals surface area contributed by atoms with Crippen LogP contribution in [0.3, 0.4) is 0 Å². The third-order valence-corrected chi connectivity index (χ3v) is 3.12. The van der Waals surface area contributed by atoms with Gasteiger partial charge in [0.15, 0.2) is 0 Å². The number of β-amino-alcohol motifs (C(OH)–C–C–N with tert-alkyl or cyclic N) is 1. The number of hydrogen-bond donors (Lipinski definition) is 3. The van der Waals surface area contributed by atoms with Crippen LogP contribution in [-0.4, -0.2) is 51.8 Å². The Kier molecular flexibility index (Phi) is 3.90. The van der Waals surface area contributed by atoms with Gasteiger partial charge < -0.3 is 20.4 Å². The number of nitrogens with zero attached hydrogens (tertiary/aromatic N) is 1. The average molecular weight is 258 g/mol. The number of carbonyl (C=O) groups is 2. The number of aliphatic carboxylic acids is 1. The summed E-state index contributed by atoms with van der Waals surface area (Å²) in [6.45, 7) is 7.61. The summed E-state index contributed by atoms with van der Waals surface area (Å²) in [5.74, 6) is -1.05. The maximum atomic E-state index is 11.9. The molecule has 1 heterocycles. The van der Waals surface area contributed by atoms with Gasteiger partial charge in [0.2, 0.25) is 0 Å². The van der Waals surface area contributed by atoms with E-state index in [0.717, 1.165) is 0 Å².